The van der Waals surface area contributed by atoms with E-state index in [2.05, 4.69) is 26.2 Å². The Morgan fingerprint density at radius 3 is 2.25 bits per heavy atom. The summed E-state index contributed by atoms with van der Waals surface area (Å²) in [4.78, 5) is 2.44. The number of benzene rings is 1. The molecule has 0 aliphatic heterocycles. The molecule has 0 radical (unpaired) electrons. The van der Waals surface area contributed by atoms with E-state index in [0.717, 1.165) is 0 Å². The minimum atomic E-state index is -1.78. The molecule has 0 unspecified atom stereocenters. The van der Waals surface area contributed by atoms with Crippen molar-refractivity contribution in [1.29, 1.82) is 5.26 Å². The minimum absolute atomic E-state index is 0.00139. The zero-order valence-electron chi connectivity index (χ0n) is 9.52. The average molecular weight is 346 g/mol. The summed E-state index contributed by atoms with van der Waals surface area (Å²) in [5, 5.41) is 11.1. The molecule has 2 rings (SSSR count). The number of nitrogens with zero attached hydrogens (tertiary/aromatic N) is 2. The van der Waals surface area contributed by atoms with Gasteiger partial charge in [-0.3, -0.25) is 0 Å². The number of hydrogen-bond acceptors (Lipinski definition) is 3. The number of aromatic nitrogens is 1. The highest BCUT2D eigenvalue weighted by molar-refractivity contribution is 9.10. The molecule has 0 atom stereocenters. The van der Waals surface area contributed by atoms with Crippen LogP contribution in [0.5, 0.6) is 0 Å². The third kappa shape index (κ3) is 2.58. The predicted octanol–water partition coefficient (Wildman–Crippen LogP) is 4.02. The molecule has 8 heteroatoms. The molecule has 0 aliphatic rings. The Morgan fingerprint density at radius 2 is 1.70 bits per heavy atom. The van der Waals surface area contributed by atoms with Crippen molar-refractivity contribution in [3.8, 4) is 6.07 Å². The number of nitriles is 1. The monoisotopic (exact) mass is 345 g/mol. The smallest absolute Gasteiger partial charge is 0.253 e. The van der Waals surface area contributed by atoms with Crippen LogP contribution in [0.4, 0.5) is 28.9 Å². The molecule has 0 aliphatic carbocycles. The molecule has 0 saturated carbocycles. The highest BCUT2D eigenvalue weighted by Gasteiger charge is 2.21. The quantitative estimate of drug-likeness (QED) is 0.660. The lowest BCUT2D eigenvalue weighted by atomic mass is 10.2. The molecule has 102 valence electrons. The maximum atomic E-state index is 13.4. The van der Waals surface area contributed by atoms with Crippen LogP contribution in [-0.2, 0) is 0 Å². The van der Waals surface area contributed by atoms with Gasteiger partial charge in [0.05, 0.1) is 11.3 Å². The van der Waals surface area contributed by atoms with E-state index >= 15 is 0 Å². The van der Waals surface area contributed by atoms with Crippen molar-refractivity contribution in [2.45, 2.75) is 0 Å². The normalized spacial score (nSPS) is 10.2. The van der Waals surface area contributed by atoms with Crippen LogP contribution < -0.4 is 5.32 Å². The van der Waals surface area contributed by atoms with Gasteiger partial charge in [-0.15, -0.1) is 0 Å². The summed E-state index contributed by atoms with van der Waals surface area (Å²) in [6, 6.07) is 5.99. The van der Waals surface area contributed by atoms with Gasteiger partial charge in [-0.05, 0) is 18.2 Å². The van der Waals surface area contributed by atoms with Crippen LogP contribution in [0.2, 0.25) is 0 Å². The fraction of sp³-hybridized carbons (Fsp3) is 0. The Morgan fingerprint density at radius 1 is 1.10 bits per heavy atom. The van der Waals surface area contributed by atoms with Gasteiger partial charge in [0.1, 0.15) is 11.8 Å². The van der Waals surface area contributed by atoms with Gasteiger partial charge in [-0.2, -0.15) is 27.8 Å². The summed E-state index contributed by atoms with van der Waals surface area (Å²) in [6.45, 7) is 0. The van der Waals surface area contributed by atoms with Crippen LogP contribution in [0.3, 0.4) is 0 Å². The first-order valence-electron chi connectivity index (χ1n) is 5.10. The molecule has 1 heterocycles. The van der Waals surface area contributed by atoms with Gasteiger partial charge >= 0.3 is 0 Å². The predicted molar refractivity (Wildman–Crippen MR) is 66.2 cm³/mol. The molecule has 0 spiro atoms. The van der Waals surface area contributed by atoms with E-state index in [9.17, 15) is 17.6 Å². The number of pyridine rings is 1. The van der Waals surface area contributed by atoms with Crippen LogP contribution in [0.1, 0.15) is 5.56 Å². The van der Waals surface area contributed by atoms with Crippen LogP contribution in [-0.4, -0.2) is 4.98 Å². The Kier molecular flexibility index (Phi) is 3.90. The second-order valence-electron chi connectivity index (χ2n) is 3.62. The summed E-state index contributed by atoms with van der Waals surface area (Å²) >= 11 is 3.12. The second-order valence-corrected chi connectivity index (χ2v) is 4.54. The molecular formula is C12H4BrF4N3. The lowest BCUT2D eigenvalue weighted by Gasteiger charge is -2.10. The van der Waals surface area contributed by atoms with E-state index in [1.54, 1.807) is 6.07 Å². The highest BCUT2D eigenvalue weighted by Crippen LogP contribution is 2.28. The molecule has 3 nitrogen and oxygen atoms in total. The molecule has 1 aromatic heterocycles. The van der Waals surface area contributed by atoms with Crippen molar-refractivity contribution in [1.82, 2.24) is 4.98 Å². The molecule has 0 fully saturated rings. The molecule has 0 saturated heterocycles. The average Bonchev–Trinajstić information content (AvgIpc) is 2.42. The summed E-state index contributed by atoms with van der Waals surface area (Å²) in [7, 11) is 0. The molecular weight excluding hydrogens is 342 g/mol. The third-order valence-corrected chi connectivity index (χ3v) is 2.85. The van der Waals surface area contributed by atoms with Crippen molar-refractivity contribution in [2.75, 3.05) is 5.32 Å². The van der Waals surface area contributed by atoms with E-state index in [0.29, 0.717) is 4.47 Å². The van der Waals surface area contributed by atoms with E-state index in [4.69, 9.17) is 5.26 Å². The molecule has 1 aromatic carbocycles. The Hall–Kier alpha value is -2.14. The lowest BCUT2D eigenvalue weighted by Crippen LogP contribution is -2.06. The van der Waals surface area contributed by atoms with E-state index in [1.165, 1.54) is 18.2 Å². The van der Waals surface area contributed by atoms with Gasteiger partial charge in [-0.1, -0.05) is 15.9 Å². The summed E-state index contributed by atoms with van der Waals surface area (Å²) in [5.41, 5.74) is -1.01. The molecule has 0 bridgehead atoms. The van der Waals surface area contributed by atoms with Gasteiger partial charge < -0.3 is 5.32 Å². The maximum Gasteiger partial charge on any atom is 0.253 e. The van der Waals surface area contributed by atoms with E-state index in [1.807, 2.05) is 0 Å². The maximum absolute atomic E-state index is 13.4. The fourth-order valence-corrected chi connectivity index (χ4v) is 1.81. The van der Waals surface area contributed by atoms with Crippen LogP contribution >= 0.6 is 15.9 Å². The standard InChI is InChI=1S/C12H4BrF4N3/c13-6-1-2-7(5(3-6)4-18)19-10-8(14)11(16)20-12(17)9(10)15/h1-3H,(H,19,20). The van der Waals surface area contributed by atoms with Crippen molar-refractivity contribution >= 4 is 27.3 Å². The third-order valence-electron chi connectivity index (χ3n) is 2.36. The van der Waals surface area contributed by atoms with Crippen molar-refractivity contribution in [3.05, 3.63) is 51.8 Å². The second kappa shape index (κ2) is 5.46. The summed E-state index contributed by atoms with van der Waals surface area (Å²) < 4.78 is 53.4. The molecule has 0 amide bonds. The van der Waals surface area contributed by atoms with Crippen LogP contribution in [0, 0.1) is 34.9 Å². The van der Waals surface area contributed by atoms with Crippen LogP contribution in [0.15, 0.2) is 22.7 Å². The van der Waals surface area contributed by atoms with Crippen molar-refractivity contribution < 1.29 is 17.6 Å². The van der Waals surface area contributed by atoms with Crippen molar-refractivity contribution in [2.24, 2.45) is 0 Å². The number of nitrogens with one attached hydrogen (secondary N) is 1. The Bertz CT molecular complexity index is 701. The summed E-state index contributed by atoms with van der Waals surface area (Å²) in [6.07, 6.45) is 0. The highest BCUT2D eigenvalue weighted by atomic mass is 79.9. The van der Waals surface area contributed by atoms with E-state index in [-0.39, 0.29) is 11.3 Å². The first kappa shape index (κ1) is 14.3. The first-order valence-corrected chi connectivity index (χ1v) is 5.90. The largest absolute Gasteiger partial charge is 0.349 e. The van der Waals surface area contributed by atoms with Crippen molar-refractivity contribution in [3.63, 3.8) is 0 Å². The summed E-state index contributed by atoms with van der Waals surface area (Å²) in [5.74, 6) is -6.89. The zero-order chi connectivity index (χ0) is 14.9. The van der Waals surface area contributed by atoms with E-state index < -0.39 is 29.2 Å². The van der Waals surface area contributed by atoms with Gasteiger partial charge in [0.25, 0.3) is 11.9 Å². The van der Waals surface area contributed by atoms with Gasteiger partial charge in [-0.25, -0.2) is 0 Å². The molecule has 20 heavy (non-hydrogen) atoms. The van der Waals surface area contributed by atoms with Gasteiger partial charge in [0.2, 0.25) is 11.6 Å². The Labute approximate surface area is 119 Å². The first-order chi connectivity index (χ1) is 9.43. The number of hydrogen-bond donors (Lipinski definition) is 1. The molecule has 2 aromatic rings. The number of rotatable bonds is 2. The SMILES string of the molecule is N#Cc1cc(Br)ccc1Nc1c(F)c(F)nc(F)c1F. The zero-order valence-corrected chi connectivity index (χ0v) is 11.1. The van der Waals surface area contributed by atoms with Gasteiger partial charge in [0.15, 0.2) is 0 Å². The fourth-order valence-electron chi connectivity index (χ4n) is 1.45. The van der Waals surface area contributed by atoms with Gasteiger partial charge in [0, 0.05) is 4.47 Å². The number of anilines is 2. The van der Waals surface area contributed by atoms with Crippen LogP contribution in [0.25, 0.3) is 0 Å². The number of halogens is 5. The topological polar surface area (TPSA) is 48.7 Å². The minimum Gasteiger partial charge on any atom is -0.349 e. The lowest BCUT2D eigenvalue weighted by molar-refractivity contribution is 0.411. The Balaban J connectivity index is 2.54. The molecule has 1 N–H and O–H groups in total.